The number of hydrogen-bond acceptors (Lipinski definition) is 2. The number of benzene rings is 1. The van der Waals surface area contributed by atoms with Gasteiger partial charge in [-0.1, -0.05) is 27.8 Å². The van der Waals surface area contributed by atoms with E-state index in [0.717, 1.165) is 4.47 Å². The average molecular weight is 226 g/mol. The van der Waals surface area contributed by atoms with Crippen molar-refractivity contribution in [2.45, 2.75) is 0 Å². The number of halogens is 1. The number of phenols is 1. The summed E-state index contributed by atoms with van der Waals surface area (Å²) in [5.74, 6) is 5.59. The number of phenolic OH excluding ortho intramolecular Hbond substituents is 1. The Morgan fingerprint density at radius 2 is 2.25 bits per heavy atom. The van der Waals surface area contributed by atoms with Crippen molar-refractivity contribution in [2.75, 3.05) is 6.54 Å². The maximum atomic E-state index is 9.34. The van der Waals surface area contributed by atoms with Crippen LogP contribution < -0.4 is 5.73 Å². The highest BCUT2D eigenvalue weighted by Gasteiger charge is 1.96. The molecule has 3 heteroatoms. The standard InChI is InChI=1S/C9H8BrNO/c10-8-4-3-7(2-1-5-11)9(12)6-8/h3-4,6,12H,5,11H2. The molecule has 0 amide bonds. The molecule has 0 atom stereocenters. The van der Waals surface area contributed by atoms with Crippen molar-refractivity contribution in [3.8, 4) is 17.6 Å². The van der Waals surface area contributed by atoms with Crippen molar-refractivity contribution in [3.63, 3.8) is 0 Å². The minimum Gasteiger partial charge on any atom is -0.507 e. The molecule has 0 aliphatic heterocycles. The first-order valence-corrected chi connectivity index (χ1v) is 4.21. The zero-order valence-electron chi connectivity index (χ0n) is 6.34. The molecule has 0 spiro atoms. The monoisotopic (exact) mass is 225 g/mol. The van der Waals surface area contributed by atoms with Crippen molar-refractivity contribution in [2.24, 2.45) is 5.73 Å². The van der Waals surface area contributed by atoms with Gasteiger partial charge in [0.05, 0.1) is 12.1 Å². The molecule has 0 saturated heterocycles. The van der Waals surface area contributed by atoms with Crippen LogP contribution in [0.1, 0.15) is 5.56 Å². The summed E-state index contributed by atoms with van der Waals surface area (Å²) >= 11 is 3.23. The molecule has 0 aliphatic carbocycles. The third-order valence-corrected chi connectivity index (χ3v) is 1.78. The van der Waals surface area contributed by atoms with Crippen LogP contribution in [0.5, 0.6) is 5.75 Å². The second-order valence-corrected chi connectivity index (χ2v) is 3.08. The van der Waals surface area contributed by atoms with Crippen molar-refractivity contribution in [1.82, 2.24) is 0 Å². The summed E-state index contributed by atoms with van der Waals surface area (Å²) in [6.07, 6.45) is 0. The summed E-state index contributed by atoms with van der Waals surface area (Å²) in [6.45, 7) is 0.301. The van der Waals surface area contributed by atoms with E-state index in [0.29, 0.717) is 12.1 Å². The van der Waals surface area contributed by atoms with Crippen LogP contribution in [0, 0.1) is 11.8 Å². The highest BCUT2D eigenvalue weighted by Crippen LogP contribution is 2.20. The Balaban J connectivity index is 3.01. The van der Waals surface area contributed by atoms with Crippen molar-refractivity contribution in [1.29, 1.82) is 0 Å². The third-order valence-electron chi connectivity index (χ3n) is 1.28. The Labute approximate surface area is 79.5 Å². The molecule has 3 N–H and O–H groups in total. The van der Waals surface area contributed by atoms with Gasteiger partial charge in [-0.05, 0) is 18.2 Å². The van der Waals surface area contributed by atoms with E-state index in [-0.39, 0.29) is 5.75 Å². The zero-order chi connectivity index (χ0) is 8.97. The Morgan fingerprint density at radius 1 is 1.50 bits per heavy atom. The fourth-order valence-corrected chi connectivity index (χ4v) is 1.11. The number of rotatable bonds is 0. The zero-order valence-corrected chi connectivity index (χ0v) is 7.93. The van der Waals surface area contributed by atoms with Gasteiger partial charge in [-0.3, -0.25) is 0 Å². The Hall–Kier alpha value is -0.980. The van der Waals surface area contributed by atoms with Gasteiger partial charge in [-0.25, -0.2) is 0 Å². The van der Waals surface area contributed by atoms with E-state index in [9.17, 15) is 5.11 Å². The minimum absolute atomic E-state index is 0.172. The third kappa shape index (κ3) is 2.26. The molecule has 0 bridgehead atoms. The van der Waals surface area contributed by atoms with Crippen LogP contribution in [0.3, 0.4) is 0 Å². The van der Waals surface area contributed by atoms with Gasteiger partial charge in [0.1, 0.15) is 5.75 Å². The quantitative estimate of drug-likeness (QED) is 0.658. The first kappa shape index (κ1) is 9.11. The predicted molar refractivity (Wildman–Crippen MR) is 51.7 cm³/mol. The highest BCUT2D eigenvalue weighted by atomic mass is 79.9. The van der Waals surface area contributed by atoms with E-state index < -0.39 is 0 Å². The second kappa shape index (κ2) is 4.15. The van der Waals surface area contributed by atoms with Crippen LogP contribution in [0.2, 0.25) is 0 Å². The summed E-state index contributed by atoms with van der Waals surface area (Å²) in [7, 11) is 0. The molecule has 0 unspecified atom stereocenters. The van der Waals surface area contributed by atoms with E-state index in [1.807, 2.05) is 6.07 Å². The smallest absolute Gasteiger partial charge is 0.132 e. The molecule has 0 heterocycles. The number of hydrogen-bond donors (Lipinski definition) is 2. The van der Waals surface area contributed by atoms with Gasteiger partial charge in [-0.15, -0.1) is 0 Å². The summed E-state index contributed by atoms with van der Waals surface area (Å²) in [5.41, 5.74) is 5.79. The number of nitrogens with two attached hydrogens (primary N) is 1. The average Bonchev–Trinajstić information content (AvgIpc) is 2.03. The summed E-state index contributed by atoms with van der Waals surface area (Å²) in [6, 6.07) is 5.16. The summed E-state index contributed by atoms with van der Waals surface area (Å²) in [5, 5.41) is 9.34. The molecule has 2 nitrogen and oxygen atoms in total. The molecular formula is C9H8BrNO. The highest BCUT2D eigenvalue weighted by molar-refractivity contribution is 9.10. The van der Waals surface area contributed by atoms with Gasteiger partial charge >= 0.3 is 0 Å². The Bertz CT molecular complexity index is 338. The fourth-order valence-electron chi connectivity index (χ4n) is 0.757. The topological polar surface area (TPSA) is 46.2 Å². The summed E-state index contributed by atoms with van der Waals surface area (Å²) < 4.78 is 0.832. The SMILES string of the molecule is NCC#Cc1ccc(Br)cc1O. The Kier molecular flexibility index (Phi) is 3.15. The predicted octanol–water partition coefficient (Wildman–Crippen LogP) is 1.46. The van der Waals surface area contributed by atoms with Crippen molar-refractivity contribution >= 4 is 15.9 Å². The van der Waals surface area contributed by atoms with Crippen LogP contribution >= 0.6 is 15.9 Å². The molecule has 0 fully saturated rings. The van der Waals surface area contributed by atoms with Gasteiger partial charge in [0, 0.05) is 4.47 Å². The van der Waals surface area contributed by atoms with Crippen molar-refractivity contribution in [3.05, 3.63) is 28.2 Å². The molecule has 1 aromatic carbocycles. The fraction of sp³-hybridized carbons (Fsp3) is 0.111. The lowest BCUT2D eigenvalue weighted by atomic mass is 10.2. The van der Waals surface area contributed by atoms with Crippen LogP contribution in [0.25, 0.3) is 0 Å². The van der Waals surface area contributed by atoms with Crippen molar-refractivity contribution < 1.29 is 5.11 Å². The molecule has 0 aromatic heterocycles. The van der Waals surface area contributed by atoms with Gasteiger partial charge in [-0.2, -0.15) is 0 Å². The lowest BCUT2D eigenvalue weighted by Gasteiger charge is -1.96. The molecule has 0 radical (unpaired) electrons. The van der Waals surface area contributed by atoms with Crippen LogP contribution in [0.15, 0.2) is 22.7 Å². The van der Waals surface area contributed by atoms with Crippen LogP contribution in [0.4, 0.5) is 0 Å². The molecule has 62 valence electrons. The molecule has 1 rings (SSSR count). The maximum Gasteiger partial charge on any atom is 0.132 e. The van der Waals surface area contributed by atoms with E-state index >= 15 is 0 Å². The first-order valence-electron chi connectivity index (χ1n) is 3.41. The van der Waals surface area contributed by atoms with Gasteiger partial charge in [0.15, 0.2) is 0 Å². The minimum atomic E-state index is 0.172. The lowest BCUT2D eigenvalue weighted by Crippen LogP contribution is -1.93. The largest absolute Gasteiger partial charge is 0.507 e. The molecule has 0 saturated carbocycles. The summed E-state index contributed by atoms with van der Waals surface area (Å²) in [4.78, 5) is 0. The maximum absolute atomic E-state index is 9.34. The van der Waals surface area contributed by atoms with Crippen LogP contribution in [-0.4, -0.2) is 11.7 Å². The molecule has 0 aliphatic rings. The van der Waals surface area contributed by atoms with Gasteiger partial charge < -0.3 is 10.8 Å². The van der Waals surface area contributed by atoms with E-state index in [2.05, 4.69) is 27.8 Å². The van der Waals surface area contributed by atoms with E-state index in [1.54, 1.807) is 12.1 Å². The number of aromatic hydroxyl groups is 1. The first-order chi connectivity index (χ1) is 5.74. The van der Waals surface area contributed by atoms with E-state index in [4.69, 9.17) is 5.73 Å². The van der Waals surface area contributed by atoms with Crippen LogP contribution in [-0.2, 0) is 0 Å². The Morgan fingerprint density at radius 3 is 2.83 bits per heavy atom. The second-order valence-electron chi connectivity index (χ2n) is 2.17. The van der Waals surface area contributed by atoms with E-state index in [1.165, 1.54) is 0 Å². The lowest BCUT2D eigenvalue weighted by molar-refractivity contribution is 0.473. The molecule has 1 aromatic rings. The van der Waals surface area contributed by atoms with Gasteiger partial charge in [0.2, 0.25) is 0 Å². The normalized spacial score (nSPS) is 8.83. The van der Waals surface area contributed by atoms with Gasteiger partial charge in [0.25, 0.3) is 0 Å². The molecular weight excluding hydrogens is 218 g/mol. The molecule has 12 heavy (non-hydrogen) atoms.